The maximum Gasteiger partial charge on any atom is 0.330 e. The van der Waals surface area contributed by atoms with Gasteiger partial charge in [0.2, 0.25) is 0 Å². The van der Waals surface area contributed by atoms with Crippen LogP contribution >= 0.6 is 0 Å². The summed E-state index contributed by atoms with van der Waals surface area (Å²) in [6, 6.07) is 21.6. The molecule has 0 unspecified atom stereocenters. The number of hydrogen-bond acceptors (Lipinski definition) is 3. The standard InChI is InChI=1S/C27H36O3Si/c1-6-29-26(28)18-17-21(2)25-19-22(25)20-30-31(27(3,4)5,23-13-9-7-10-14-23)24-15-11-8-12-16-24/h7-18,21-22,25H,6,19-20H2,1-5H3/b18-17+/t21-,22-,25+/m0/s1. The molecular weight excluding hydrogens is 400 g/mol. The molecule has 0 saturated heterocycles. The van der Waals surface area contributed by atoms with Gasteiger partial charge in [-0.05, 0) is 46.5 Å². The highest BCUT2D eigenvalue weighted by atomic mass is 28.4. The first-order valence-corrected chi connectivity index (χ1v) is 13.3. The Bertz CT molecular complexity index is 831. The third-order valence-corrected chi connectivity index (χ3v) is 11.4. The van der Waals surface area contributed by atoms with Gasteiger partial charge in [0.05, 0.1) is 6.61 Å². The van der Waals surface area contributed by atoms with Crippen molar-refractivity contribution in [1.82, 2.24) is 0 Å². The van der Waals surface area contributed by atoms with Crippen molar-refractivity contribution in [1.29, 1.82) is 0 Å². The zero-order valence-corrected chi connectivity index (χ0v) is 20.5. The second-order valence-corrected chi connectivity index (χ2v) is 13.9. The molecule has 3 rings (SSSR count). The Labute approximate surface area is 188 Å². The van der Waals surface area contributed by atoms with E-state index in [1.165, 1.54) is 10.4 Å². The minimum absolute atomic E-state index is 0.00444. The summed E-state index contributed by atoms with van der Waals surface area (Å²) in [5, 5.41) is 2.64. The summed E-state index contributed by atoms with van der Waals surface area (Å²) in [5.74, 6) is 1.18. The Hall–Kier alpha value is -2.17. The van der Waals surface area contributed by atoms with E-state index >= 15 is 0 Å². The summed E-state index contributed by atoms with van der Waals surface area (Å²) in [4.78, 5) is 11.6. The number of esters is 1. The van der Waals surface area contributed by atoms with Crippen LogP contribution in [0, 0.1) is 17.8 Å². The molecule has 1 saturated carbocycles. The van der Waals surface area contributed by atoms with E-state index in [0.29, 0.717) is 24.4 Å². The molecule has 0 spiro atoms. The second-order valence-electron chi connectivity index (χ2n) is 9.60. The van der Waals surface area contributed by atoms with E-state index in [4.69, 9.17) is 9.16 Å². The van der Waals surface area contributed by atoms with Crippen LogP contribution in [0.1, 0.15) is 41.0 Å². The molecule has 3 nitrogen and oxygen atoms in total. The minimum Gasteiger partial charge on any atom is -0.463 e. The molecule has 3 atom stereocenters. The predicted molar refractivity (Wildman–Crippen MR) is 130 cm³/mol. The van der Waals surface area contributed by atoms with Crippen LogP contribution in [0.4, 0.5) is 0 Å². The van der Waals surface area contributed by atoms with Gasteiger partial charge in [-0.25, -0.2) is 4.79 Å². The summed E-state index contributed by atoms with van der Waals surface area (Å²) < 4.78 is 12.1. The van der Waals surface area contributed by atoms with E-state index in [1.54, 1.807) is 6.08 Å². The van der Waals surface area contributed by atoms with Crippen molar-refractivity contribution in [3.8, 4) is 0 Å². The van der Waals surface area contributed by atoms with E-state index in [2.05, 4.69) is 88.4 Å². The number of ether oxygens (including phenoxy) is 1. The minimum atomic E-state index is -2.48. The fourth-order valence-electron chi connectivity index (χ4n) is 4.66. The third kappa shape index (κ3) is 5.36. The van der Waals surface area contributed by atoms with Crippen LogP contribution in [0.3, 0.4) is 0 Å². The summed E-state index contributed by atoms with van der Waals surface area (Å²) in [6.07, 6.45) is 4.71. The second kappa shape index (κ2) is 9.97. The molecule has 4 heteroatoms. The first-order chi connectivity index (χ1) is 14.8. The van der Waals surface area contributed by atoms with Crippen LogP contribution in [-0.2, 0) is 14.0 Å². The van der Waals surface area contributed by atoms with E-state index < -0.39 is 8.32 Å². The number of benzene rings is 2. The van der Waals surface area contributed by atoms with Gasteiger partial charge in [-0.1, -0.05) is 94.4 Å². The summed E-state index contributed by atoms with van der Waals surface area (Å²) >= 11 is 0. The van der Waals surface area contributed by atoms with Crippen molar-refractivity contribution in [3.05, 3.63) is 72.8 Å². The molecule has 0 amide bonds. The molecule has 0 N–H and O–H groups in total. The zero-order chi connectivity index (χ0) is 22.5. The van der Waals surface area contributed by atoms with E-state index in [1.807, 2.05) is 13.0 Å². The van der Waals surface area contributed by atoms with E-state index in [0.717, 1.165) is 13.0 Å². The molecule has 31 heavy (non-hydrogen) atoms. The van der Waals surface area contributed by atoms with Crippen LogP contribution in [-0.4, -0.2) is 27.5 Å². The van der Waals surface area contributed by atoms with E-state index in [9.17, 15) is 4.79 Å². The lowest BCUT2D eigenvalue weighted by Crippen LogP contribution is -2.66. The zero-order valence-electron chi connectivity index (χ0n) is 19.5. The molecule has 2 aromatic rings. The molecule has 0 aliphatic heterocycles. The van der Waals surface area contributed by atoms with Crippen molar-refractivity contribution in [2.24, 2.45) is 17.8 Å². The maximum absolute atomic E-state index is 11.6. The van der Waals surface area contributed by atoms with Gasteiger partial charge in [-0.3, -0.25) is 0 Å². The molecule has 0 heterocycles. The number of carbonyl (C=O) groups excluding carboxylic acids is 1. The fraction of sp³-hybridized carbons (Fsp3) is 0.444. The Morgan fingerprint density at radius 3 is 2.10 bits per heavy atom. The highest BCUT2D eigenvalue weighted by molar-refractivity contribution is 6.99. The van der Waals surface area contributed by atoms with Gasteiger partial charge in [-0.15, -0.1) is 0 Å². The lowest BCUT2D eigenvalue weighted by atomic mass is 10.0. The number of rotatable bonds is 9. The van der Waals surface area contributed by atoms with E-state index in [-0.39, 0.29) is 11.0 Å². The molecule has 0 bridgehead atoms. The topological polar surface area (TPSA) is 35.5 Å². The van der Waals surface area contributed by atoms with Gasteiger partial charge in [0.1, 0.15) is 0 Å². The van der Waals surface area contributed by atoms with Crippen molar-refractivity contribution >= 4 is 24.7 Å². The monoisotopic (exact) mass is 436 g/mol. The van der Waals surface area contributed by atoms with Crippen LogP contribution in [0.5, 0.6) is 0 Å². The molecule has 2 aromatic carbocycles. The molecule has 0 aromatic heterocycles. The molecule has 1 fully saturated rings. The average Bonchev–Trinajstić information content (AvgIpc) is 3.53. The third-order valence-electron chi connectivity index (χ3n) is 6.41. The smallest absolute Gasteiger partial charge is 0.330 e. The highest BCUT2D eigenvalue weighted by Gasteiger charge is 2.52. The number of allylic oxidation sites excluding steroid dienone is 1. The lowest BCUT2D eigenvalue weighted by molar-refractivity contribution is -0.137. The maximum atomic E-state index is 11.6. The lowest BCUT2D eigenvalue weighted by Gasteiger charge is -2.43. The van der Waals surface area contributed by atoms with Gasteiger partial charge in [0, 0.05) is 12.7 Å². The summed E-state index contributed by atoms with van der Waals surface area (Å²) in [6.45, 7) is 12.1. The molecule has 0 radical (unpaired) electrons. The Morgan fingerprint density at radius 1 is 1.06 bits per heavy atom. The van der Waals surface area contributed by atoms with Gasteiger partial charge < -0.3 is 9.16 Å². The first kappa shape index (κ1) is 23.5. The normalized spacial score (nSPS) is 19.9. The molecule has 166 valence electrons. The van der Waals surface area contributed by atoms with Crippen LogP contribution in [0.2, 0.25) is 5.04 Å². The number of hydrogen-bond donors (Lipinski definition) is 0. The quantitative estimate of drug-likeness (QED) is 0.317. The van der Waals surface area contributed by atoms with Crippen LogP contribution in [0.15, 0.2) is 72.8 Å². The Balaban J connectivity index is 1.79. The summed E-state index contributed by atoms with van der Waals surface area (Å²) in [5.41, 5.74) is 0. The van der Waals surface area contributed by atoms with Gasteiger partial charge in [0.25, 0.3) is 8.32 Å². The van der Waals surface area contributed by atoms with Gasteiger partial charge in [0.15, 0.2) is 0 Å². The average molecular weight is 437 g/mol. The SMILES string of the molecule is CCOC(=O)/C=C/[C@H](C)[C@H]1C[C@H]1CO[Si](c1ccccc1)(c1ccccc1)C(C)(C)C. The highest BCUT2D eigenvalue weighted by Crippen LogP contribution is 2.46. The molecular formula is C27H36O3Si. The Kier molecular flexibility index (Phi) is 7.55. The fourth-order valence-corrected chi connectivity index (χ4v) is 9.28. The van der Waals surface area contributed by atoms with Crippen molar-refractivity contribution in [2.45, 2.75) is 46.1 Å². The predicted octanol–water partition coefficient (Wildman–Crippen LogP) is 4.95. The molecule has 1 aliphatic carbocycles. The van der Waals surface area contributed by atoms with Gasteiger partial charge in [-0.2, -0.15) is 0 Å². The largest absolute Gasteiger partial charge is 0.463 e. The summed E-state index contributed by atoms with van der Waals surface area (Å²) in [7, 11) is -2.48. The Morgan fingerprint density at radius 2 is 1.61 bits per heavy atom. The van der Waals surface area contributed by atoms with Crippen molar-refractivity contribution < 1.29 is 14.0 Å². The van der Waals surface area contributed by atoms with Crippen molar-refractivity contribution in [3.63, 3.8) is 0 Å². The number of carbonyl (C=O) groups is 1. The van der Waals surface area contributed by atoms with Crippen LogP contribution in [0.25, 0.3) is 0 Å². The molecule has 1 aliphatic rings. The van der Waals surface area contributed by atoms with Crippen molar-refractivity contribution in [2.75, 3.05) is 13.2 Å². The van der Waals surface area contributed by atoms with Gasteiger partial charge >= 0.3 is 5.97 Å². The first-order valence-electron chi connectivity index (χ1n) is 11.4. The van der Waals surface area contributed by atoms with Crippen LogP contribution < -0.4 is 10.4 Å².